The van der Waals surface area contributed by atoms with Crippen molar-refractivity contribution in [1.82, 2.24) is 4.90 Å². The van der Waals surface area contributed by atoms with Crippen molar-refractivity contribution in [2.45, 2.75) is 31.2 Å². The van der Waals surface area contributed by atoms with Crippen molar-refractivity contribution in [3.8, 4) is 0 Å². The van der Waals surface area contributed by atoms with Crippen molar-refractivity contribution in [2.24, 2.45) is 5.73 Å². The molecule has 0 aliphatic heterocycles. The van der Waals surface area contributed by atoms with Crippen LogP contribution in [0.25, 0.3) is 0 Å². The van der Waals surface area contributed by atoms with Crippen LogP contribution in [0.2, 0.25) is 0 Å². The van der Waals surface area contributed by atoms with Crippen LogP contribution >= 0.6 is 0 Å². The van der Waals surface area contributed by atoms with Crippen LogP contribution in [0.4, 0.5) is 0 Å². The summed E-state index contributed by atoms with van der Waals surface area (Å²) in [5, 5.41) is 8.67. The average Bonchev–Trinajstić information content (AvgIpc) is 2.14. The van der Waals surface area contributed by atoms with Gasteiger partial charge in [-0.15, -0.1) is 6.58 Å². The summed E-state index contributed by atoms with van der Waals surface area (Å²) in [4.78, 5) is 23.7. The molecule has 3 N–H and O–H groups in total. The Hall–Kier alpha value is -1.36. The van der Waals surface area contributed by atoms with E-state index in [1.165, 1.54) is 11.0 Å². The number of nitrogens with two attached hydrogens (primary N) is 1. The van der Waals surface area contributed by atoms with E-state index in [2.05, 4.69) is 6.58 Å². The first-order chi connectivity index (χ1) is 7.47. The van der Waals surface area contributed by atoms with E-state index in [1.54, 1.807) is 0 Å². The zero-order chi connectivity index (χ0) is 12.2. The number of carbonyl (C=O) groups is 2. The predicted molar refractivity (Wildman–Crippen MR) is 59.8 cm³/mol. The molecule has 0 saturated heterocycles. The van der Waals surface area contributed by atoms with Crippen LogP contribution in [-0.4, -0.2) is 40.5 Å². The molecule has 5 heteroatoms. The summed E-state index contributed by atoms with van der Waals surface area (Å²) >= 11 is 0. The second-order valence-corrected chi connectivity index (χ2v) is 4.35. The second-order valence-electron chi connectivity index (χ2n) is 4.35. The van der Waals surface area contributed by atoms with E-state index in [9.17, 15) is 9.59 Å². The molecule has 5 nitrogen and oxygen atoms in total. The van der Waals surface area contributed by atoms with Crippen LogP contribution in [-0.2, 0) is 9.59 Å². The number of hydrogen-bond acceptors (Lipinski definition) is 3. The Morgan fingerprint density at radius 1 is 1.50 bits per heavy atom. The summed E-state index contributed by atoms with van der Waals surface area (Å²) < 4.78 is 0. The number of carboxylic acids is 1. The minimum absolute atomic E-state index is 0.204. The molecule has 0 heterocycles. The van der Waals surface area contributed by atoms with E-state index in [4.69, 9.17) is 10.8 Å². The Morgan fingerprint density at radius 2 is 2.12 bits per heavy atom. The fraction of sp³-hybridized carbons (Fsp3) is 0.636. The summed E-state index contributed by atoms with van der Waals surface area (Å²) in [5.74, 6) is -1.22. The monoisotopic (exact) mass is 226 g/mol. The summed E-state index contributed by atoms with van der Waals surface area (Å²) in [7, 11) is 0. The van der Waals surface area contributed by atoms with Gasteiger partial charge in [-0.05, 0) is 19.3 Å². The maximum absolute atomic E-state index is 11.8. The van der Waals surface area contributed by atoms with Gasteiger partial charge < -0.3 is 15.7 Å². The van der Waals surface area contributed by atoms with Gasteiger partial charge in [-0.2, -0.15) is 0 Å². The second kappa shape index (κ2) is 5.12. The first-order valence-electron chi connectivity index (χ1n) is 5.36. The van der Waals surface area contributed by atoms with Gasteiger partial charge >= 0.3 is 5.97 Å². The first-order valence-corrected chi connectivity index (χ1v) is 5.36. The summed E-state index contributed by atoms with van der Waals surface area (Å²) in [5.41, 5.74) is 5.54. The SMILES string of the molecule is C=CCN(CC(=O)O)C(=O)CC1(N)CCC1. The van der Waals surface area contributed by atoms with Crippen molar-refractivity contribution in [2.75, 3.05) is 13.1 Å². The number of nitrogens with zero attached hydrogens (tertiary/aromatic N) is 1. The van der Waals surface area contributed by atoms with Gasteiger partial charge in [-0.1, -0.05) is 6.08 Å². The molecule has 1 saturated carbocycles. The minimum atomic E-state index is -1.02. The Morgan fingerprint density at radius 3 is 2.50 bits per heavy atom. The number of carboxylic acid groups (broad SMARTS) is 1. The average molecular weight is 226 g/mol. The Kier molecular flexibility index (Phi) is 4.06. The van der Waals surface area contributed by atoms with E-state index in [1.807, 2.05) is 0 Å². The normalized spacial score (nSPS) is 17.3. The predicted octanol–water partition coefficient (Wildman–Crippen LogP) is 0.357. The van der Waals surface area contributed by atoms with Gasteiger partial charge in [0.15, 0.2) is 0 Å². The Bertz CT molecular complexity index is 298. The third-order valence-corrected chi connectivity index (χ3v) is 2.88. The van der Waals surface area contributed by atoms with Gasteiger partial charge in [0, 0.05) is 18.5 Å². The van der Waals surface area contributed by atoms with E-state index < -0.39 is 11.5 Å². The number of carbonyl (C=O) groups excluding carboxylic acids is 1. The lowest BCUT2D eigenvalue weighted by molar-refractivity contribution is -0.144. The molecule has 0 aromatic heterocycles. The standard InChI is InChI=1S/C11H18N2O3/c1-2-6-13(8-10(15)16)9(14)7-11(12)4-3-5-11/h2H,1,3-8,12H2,(H,15,16). The van der Waals surface area contributed by atoms with E-state index in [-0.39, 0.29) is 25.4 Å². The fourth-order valence-electron chi connectivity index (χ4n) is 1.79. The zero-order valence-corrected chi connectivity index (χ0v) is 9.32. The molecule has 0 aromatic rings. The molecular formula is C11H18N2O3. The maximum atomic E-state index is 11.8. The van der Waals surface area contributed by atoms with Crippen LogP contribution in [0.3, 0.4) is 0 Å². The molecule has 90 valence electrons. The smallest absolute Gasteiger partial charge is 0.323 e. The molecule has 1 aliphatic rings. The van der Waals surface area contributed by atoms with E-state index >= 15 is 0 Å². The lowest BCUT2D eigenvalue weighted by atomic mass is 9.75. The molecular weight excluding hydrogens is 208 g/mol. The van der Waals surface area contributed by atoms with Gasteiger partial charge in [-0.3, -0.25) is 9.59 Å². The van der Waals surface area contributed by atoms with Gasteiger partial charge in [-0.25, -0.2) is 0 Å². The lowest BCUT2D eigenvalue weighted by Crippen LogP contribution is -2.51. The summed E-state index contributed by atoms with van der Waals surface area (Å²) in [6.45, 7) is 3.46. The Balaban J connectivity index is 2.52. The molecule has 0 unspecified atom stereocenters. The molecule has 1 rings (SSSR count). The van der Waals surface area contributed by atoms with Gasteiger partial charge in [0.05, 0.1) is 0 Å². The molecule has 1 fully saturated rings. The molecule has 1 aliphatic carbocycles. The van der Waals surface area contributed by atoms with Crippen LogP contribution in [0.5, 0.6) is 0 Å². The minimum Gasteiger partial charge on any atom is -0.480 e. The topological polar surface area (TPSA) is 83.6 Å². The number of aliphatic carboxylic acids is 1. The van der Waals surface area contributed by atoms with Crippen LogP contribution in [0.15, 0.2) is 12.7 Å². The molecule has 0 bridgehead atoms. The zero-order valence-electron chi connectivity index (χ0n) is 9.32. The number of amides is 1. The van der Waals surface area contributed by atoms with Gasteiger partial charge in [0.2, 0.25) is 5.91 Å². The van der Waals surface area contributed by atoms with E-state index in [0.717, 1.165) is 19.3 Å². The molecule has 0 aromatic carbocycles. The Labute approximate surface area is 94.9 Å². The van der Waals surface area contributed by atoms with Gasteiger partial charge in [0.25, 0.3) is 0 Å². The largest absolute Gasteiger partial charge is 0.480 e. The van der Waals surface area contributed by atoms with Crippen molar-refractivity contribution in [3.05, 3.63) is 12.7 Å². The van der Waals surface area contributed by atoms with Crippen molar-refractivity contribution >= 4 is 11.9 Å². The van der Waals surface area contributed by atoms with Crippen LogP contribution < -0.4 is 5.73 Å². The fourth-order valence-corrected chi connectivity index (χ4v) is 1.79. The number of hydrogen-bond donors (Lipinski definition) is 2. The maximum Gasteiger partial charge on any atom is 0.323 e. The van der Waals surface area contributed by atoms with Crippen LogP contribution in [0.1, 0.15) is 25.7 Å². The molecule has 0 atom stereocenters. The molecule has 1 amide bonds. The summed E-state index contributed by atoms with van der Waals surface area (Å²) in [6, 6.07) is 0. The third-order valence-electron chi connectivity index (χ3n) is 2.88. The first kappa shape index (κ1) is 12.7. The van der Waals surface area contributed by atoms with Crippen molar-refractivity contribution in [3.63, 3.8) is 0 Å². The molecule has 0 radical (unpaired) electrons. The van der Waals surface area contributed by atoms with Crippen LogP contribution in [0, 0.1) is 0 Å². The van der Waals surface area contributed by atoms with Crippen molar-refractivity contribution in [1.29, 1.82) is 0 Å². The lowest BCUT2D eigenvalue weighted by Gasteiger charge is -2.38. The third kappa shape index (κ3) is 3.34. The molecule has 16 heavy (non-hydrogen) atoms. The highest BCUT2D eigenvalue weighted by molar-refractivity contribution is 5.82. The highest BCUT2D eigenvalue weighted by Crippen LogP contribution is 2.32. The highest BCUT2D eigenvalue weighted by Gasteiger charge is 2.36. The van der Waals surface area contributed by atoms with Gasteiger partial charge in [0.1, 0.15) is 6.54 Å². The quantitative estimate of drug-likeness (QED) is 0.640. The number of rotatable bonds is 6. The van der Waals surface area contributed by atoms with Crippen molar-refractivity contribution < 1.29 is 14.7 Å². The summed E-state index contributed by atoms with van der Waals surface area (Å²) in [6.07, 6.45) is 4.48. The van der Waals surface area contributed by atoms with E-state index in [0.29, 0.717) is 0 Å². The molecule has 0 spiro atoms. The highest BCUT2D eigenvalue weighted by atomic mass is 16.4.